The third kappa shape index (κ3) is 6.12. The molecule has 0 unspecified atom stereocenters. The Morgan fingerprint density at radius 2 is 1.97 bits per heavy atom. The van der Waals surface area contributed by atoms with Gasteiger partial charge in [-0.1, -0.05) is 12.2 Å². The SMILES string of the molecule is COc1ccc2c(C)nnc(NC3CCN(CC4=CCC=C(OCCCO)C=C4)CC3)c2c1. The Morgan fingerprint density at radius 1 is 1.12 bits per heavy atom. The molecule has 1 aromatic carbocycles. The molecule has 1 aliphatic carbocycles. The van der Waals surface area contributed by atoms with E-state index in [0.29, 0.717) is 19.1 Å². The summed E-state index contributed by atoms with van der Waals surface area (Å²) < 4.78 is 11.1. The molecule has 2 aliphatic rings. The summed E-state index contributed by atoms with van der Waals surface area (Å²) in [5.41, 5.74) is 2.25. The van der Waals surface area contributed by atoms with E-state index in [1.165, 1.54) is 5.57 Å². The number of benzene rings is 1. The number of rotatable bonds is 9. The lowest BCUT2D eigenvalue weighted by atomic mass is 10.0. The molecule has 1 aliphatic heterocycles. The highest BCUT2D eigenvalue weighted by Crippen LogP contribution is 2.28. The summed E-state index contributed by atoms with van der Waals surface area (Å²) in [5.74, 6) is 2.55. The third-order valence-corrected chi connectivity index (χ3v) is 6.24. The van der Waals surface area contributed by atoms with Crippen LogP contribution in [0.1, 0.15) is 31.4 Å². The van der Waals surface area contributed by atoms with Gasteiger partial charge < -0.3 is 19.9 Å². The van der Waals surface area contributed by atoms with Crippen LogP contribution in [0.15, 0.2) is 53.8 Å². The summed E-state index contributed by atoms with van der Waals surface area (Å²) in [6.45, 7) is 5.72. The molecule has 2 heterocycles. The second-order valence-electron chi connectivity index (χ2n) is 8.62. The van der Waals surface area contributed by atoms with Crippen molar-refractivity contribution < 1.29 is 14.6 Å². The average molecular weight is 451 g/mol. The van der Waals surface area contributed by atoms with Gasteiger partial charge >= 0.3 is 0 Å². The Balaban J connectivity index is 1.31. The predicted octanol–water partition coefficient (Wildman–Crippen LogP) is 3.99. The fourth-order valence-corrected chi connectivity index (χ4v) is 4.32. The molecule has 4 rings (SSSR count). The van der Waals surface area contributed by atoms with Crippen molar-refractivity contribution >= 4 is 16.6 Å². The van der Waals surface area contributed by atoms with Crippen molar-refractivity contribution in [3.8, 4) is 5.75 Å². The van der Waals surface area contributed by atoms with Crippen molar-refractivity contribution in [3.63, 3.8) is 0 Å². The van der Waals surface area contributed by atoms with E-state index in [1.807, 2.05) is 25.1 Å². The second kappa shape index (κ2) is 11.3. The topological polar surface area (TPSA) is 79.7 Å². The smallest absolute Gasteiger partial charge is 0.156 e. The van der Waals surface area contributed by atoms with Crippen LogP contribution >= 0.6 is 0 Å². The zero-order valence-electron chi connectivity index (χ0n) is 19.6. The summed E-state index contributed by atoms with van der Waals surface area (Å²) in [6.07, 6.45) is 12.2. The molecule has 0 spiro atoms. The van der Waals surface area contributed by atoms with Gasteiger partial charge in [-0.3, -0.25) is 4.90 Å². The molecule has 1 fully saturated rings. The lowest BCUT2D eigenvalue weighted by molar-refractivity contribution is 0.184. The fourth-order valence-electron chi connectivity index (χ4n) is 4.32. The monoisotopic (exact) mass is 450 g/mol. The van der Waals surface area contributed by atoms with Crippen LogP contribution in [-0.4, -0.2) is 66.2 Å². The average Bonchev–Trinajstić information content (AvgIpc) is 3.07. The van der Waals surface area contributed by atoms with Crippen LogP contribution < -0.4 is 10.1 Å². The predicted molar refractivity (Wildman–Crippen MR) is 131 cm³/mol. The molecular formula is C26H34N4O3. The van der Waals surface area contributed by atoms with Gasteiger partial charge in [-0.2, -0.15) is 5.10 Å². The molecule has 1 aromatic heterocycles. The molecule has 0 amide bonds. The van der Waals surface area contributed by atoms with Gasteiger partial charge in [0.2, 0.25) is 0 Å². The lowest BCUT2D eigenvalue weighted by Gasteiger charge is -2.33. The molecule has 7 heteroatoms. The van der Waals surface area contributed by atoms with Crippen LogP contribution in [0.25, 0.3) is 10.8 Å². The highest BCUT2D eigenvalue weighted by molar-refractivity contribution is 5.94. The van der Waals surface area contributed by atoms with Crippen molar-refractivity contribution in [1.29, 1.82) is 0 Å². The minimum atomic E-state index is 0.159. The molecule has 0 bridgehead atoms. The van der Waals surface area contributed by atoms with Gasteiger partial charge in [-0.25, -0.2) is 0 Å². The van der Waals surface area contributed by atoms with Gasteiger partial charge in [0.1, 0.15) is 11.5 Å². The minimum absolute atomic E-state index is 0.159. The number of likely N-dealkylation sites (tertiary alicyclic amines) is 1. The van der Waals surface area contributed by atoms with Gasteiger partial charge in [0.15, 0.2) is 5.82 Å². The number of aliphatic hydroxyl groups is 1. The van der Waals surface area contributed by atoms with E-state index in [2.05, 4.69) is 44.7 Å². The minimum Gasteiger partial charge on any atom is -0.497 e. The maximum Gasteiger partial charge on any atom is 0.156 e. The van der Waals surface area contributed by atoms with Crippen molar-refractivity contribution in [2.75, 3.05) is 45.3 Å². The molecule has 1 saturated heterocycles. The van der Waals surface area contributed by atoms with E-state index < -0.39 is 0 Å². The summed E-state index contributed by atoms with van der Waals surface area (Å²) in [5, 5.41) is 23.5. The number of nitrogens with one attached hydrogen (secondary N) is 1. The Hall–Kier alpha value is -2.90. The Bertz CT molecular complexity index is 1040. The van der Waals surface area contributed by atoms with Crippen LogP contribution in [0, 0.1) is 6.92 Å². The van der Waals surface area contributed by atoms with Crippen molar-refractivity contribution in [2.45, 2.75) is 38.6 Å². The molecule has 2 N–H and O–H groups in total. The first-order valence-corrected chi connectivity index (χ1v) is 11.8. The van der Waals surface area contributed by atoms with Gasteiger partial charge in [0.05, 0.1) is 19.4 Å². The number of piperidine rings is 1. The normalized spacial score (nSPS) is 17.4. The number of aliphatic hydroxyl groups excluding tert-OH is 1. The Morgan fingerprint density at radius 3 is 2.76 bits per heavy atom. The zero-order chi connectivity index (χ0) is 23.0. The van der Waals surface area contributed by atoms with Crippen LogP contribution in [0.2, 0.25) is 0 Å². The molecule has 0 atom stereocenters. The number of nitrogens with zero attached hydrogens (tertiary/aromatic N) is 3. The number of anilines is 1. The summed E-state index contributed by atoms with van der Waals surface area (Å²) in [4.78, 5) is 2.51. The van der Waals surface area contributed by atoms with Crippen LogP contribution in [0.3, 0.4) is 0 Å². The van der Waals surface area contributed by atoms with E-state index >= 15 is 0 Å². The Labute approximate surface area is 195 Å². The first-order chi connectivity index (χ1) is 16.2. The number of aryl methyl sites for hydroxylation is 1. The maximum absolute atomic E-state index is 8.91. The van der Waals surface area contributed by atoms with Crippen molar-refractivity contribution in [2.24, 2.45) is 0 Å². The van der Waals surface area contributed by atoms with E-state index in [-0.39, 0.29) is 6.61 Å². The van der Waals surface area contributed by atoms with Gasteiger partial charge in [0.25, 0.3) is 0 Å². The van der Waals surface area contributed by atoms with Crippen molar-refractivity contribution in [1.82, 2.24) is 15.1 Å². The van der Waals surface area contributed by atoms with Gasteiger partial charge in [-0.15, -0.1) is 5.10 Å². The number of fused-ring (bicyclic) bond motifs is 1. The molecule has 0 radical (unpaired) electrons. The molecule has 2 aromatic rings. The maximum atomic E-state index is 8.91. The summed E-state index contributed by atoms with van der Waals surface area (Å²) >= 11 is 0. The number of hydrogen-bond acceptors (Lipinski definition) is 7. The molecule has 176 valence electrons. The lowest BCUT2D eigenvalue weighted by Crippen LogP contribution is -2.40. The third-order valence-electron chi connectivity index (χ3n) is 6.24. The number of methoxy groups -OCH3 is 1. The highest BCUT2D eigenvalue weighted by atomic mass is 16.5. The molecule has 0 saturated carbocycles. The standard InChI is InChI=1S/C26H34N4O3/c1-19-24-10-9-23(32-2)17-25(24)26(29-28-19)27-21-11-13-30(14-12-21)18-20-5-3-6-22(8-7-20)33-16-4-15-31/h5-10,17,21,31H,3-4,11-16,18H2,1-2H3,(H,27,29). The quantitative estimate of drug-likeness (QED) is 0.559. The second-order valence-corrected chi connectivity index (χ2v) is 8.62. The number of hydrogen-bond donors (Lipinski definition) is 2. The van der Waals surface area contributed by atoms with Crippen LogP contribution in [-0.2, 0) is 4.74 Å². The number of aromatic nitrogens is 2. The molecule has 7 nitrogen and oxygen atoms in total. The molecular weight excluding hydrogens is 416 g/mol. The fraction of sp³-hybridized carbons (Fsp3) is 0.462. The summed E-state index contributed by atoms with van der Waals surface area (Å²) in [6, 6.07) is 6.43. The van der Waals surface area contributed by atoms with Gasteiger partial charge in [0, 0.05) is 49.5 Å². The first-order valence-electron chi connectivity index (χ1n) is 11.8. The zero-order valence-corrected chi connectivity index (χ0v) is 19.6. The number of allylic oxidation sites excluding steroid dienone is 3. The summed E-state index contributed by atoms with van der Waals surface area (Å²) in [7, 11) is 1.69. The van der Waals surface area contributed by atoms with E-state index in [0.717, 1.165) is 72.7 Å². The van der Waals surface area contributed by atoms with Crippen molar-refractivity contribution in [3.05, 3.63) is 59.5 Å². The van der Waals surface area contributed by atoms with Gasteiger partial charge in [-0.05, 0) is 62.1 Å². The Kier molecular flexibility index (Phi) is 7.96. The van der Waals surface area contributed by atoms with E-state index in [9.17, 15) is 0 Å². The molecule has 33 heavy (non-hydrogen) atoms. The first kappa shape index (κ1) is 23.3. The van der Waals surface area contributed by atoms with E-state index in [4.69, 9.17) is 14.6 Å². The van der Waals surface area contributed by atoms with E-state index in [1.54, 1.807) is 7.11 Å². The number of ether oxygens (including phenoxy) is 2. The van der Waals surface area contributed by atoms with Crippen LogP contribution in [0.5, 0.6) is 5.75 Å². The largest absolute Gasteiger partial charge is 0.497 e. The highest BCUT2D eigenvalue weighted by Gasteiger charge is 2.21. The van der Waals surface area contributed by atoms with Crippen LogP contribution in [0.4, 0.5) is 5.82 Å².